The molecule has 2 N–H and O–H groups in total. The van der Waals surface area contributed by atoms with Crippen LogP contribution in [0.4, 0.5) is 5.82 Å². The Morgan fingerprint density at radius 3 is 2.86 bits per heavy atom. The molecule has 0 bridgehead atoms. The minimum absolute atomic E-state index is 0.0151. The van der Waals surface area contributed by atoms with Gasteiger partial charge >= 0.3 is 0 Å². The zero-order valence-electron chi connectivity index (χ0n) is 8.47. The third kappa shape index (κ3) is 2.81. The Hall–Kier alpha value is -1.42. The number of carbonyl (C=O) groups excluding carboxylic acids is 1. The molecular formula is C10H15N3O. The molecule has 1 amide bonds. The molecule has 0 aliphatic heterocycles. The van der Waals surface area contributed by atoms with E-state index in [0.29, 0.717) is 12.2 Å². The molecule has 1 rings (SSSR count). The average Bonchev–Trinajstić information content (AvgIpc) is 2.17. The first kappa shape index (κ1) is 10.7. The van der Waals surface area contributed by atoms with Gasteiger partial charge in [0.25, 0.3) is 0 Å². The number of anilines is 1. The number of nitrogens with two attached hydrogens (primary N) is 1. The molecule has 0 fully saturated rings. The van der Waals surface area contributed by atoms with E-state index < -0.39 is 0 Å². The fourth-order valence-electron chi connectivity index (χ4n) is 1.09. The predicted molar refractivity (Wildman–Crippen MR) is 55.9 cm³/mol. The largest absolute Gasteiger partial charge is 0.327 e. The molecule has 1 atom stereocenters. The van der Waals surface area contributed by atoms with Crippen LogP contribution in [-0.2, 0) is 4.79 Å². The molecule has 0 saturated carbocycles. The second-order valence-corrected chi connectivity index (χ2v) is 3.32. The molecule has 14 heavy (non-hydrogen) atoms. The zero-order valence-corrected chi connectivity index (χ0v) is 8.47. The van der Waals surface area contributed by atoms with Gasteiger partial charge in [-0.15, -0.1) is 0 Å². The highest BCUT2D eigenvalue weighted by atomic mass is 16.2. The molecular weight excluding hydrogens is 178 g/mol. The number of hydrogen-bond donors (Lipinski definition) is 1. The second-order valence-electron chi connectivity index (χ2n) is 3.32. The van der Waals surface area contributed by atoms with Crippen LogP contribution >= 0.6 is 0 Å². The standard InChI is InChI=1S/C10H15N3O/c1-8(11)7-10(14)13(2)9-5-3-4-6-12-9/h3-6,8H,7,11H2,1-2H3. The van der Waals surface area contributed by atoms with Gasteiger partial charge in [0, 0.05) is 25.7 Å². The van der Waals surface area contributed by atoms with Gasteiger partial charge in [-0.05, 0) is 19.1 Å². The summed E-state index contributed by atoms with van der Waals surface area (Å²) < 4.78 is 0. The summed E-state index contributed by atoms with van der Waals surface area (Å²) in [7, 11) is 1.70. The molecule has 4 heteroatoms. The molecule has 0 aromatic carbocycles. The number of nitrogens with zero attached hydrogens (tertiary/aromatic N) is 2. The minimum atomic E-state index is -0.117. The maximum atomic E-state index is 11.6. The predicted octanol–water partition coefficient (Wildman–Crippen LogP) is 0.782. The molecule has 76 valence electrons. The third-order valence-electron chi connectivity index (χ3n) is 1.86. The molecule has 0 radical (unpaired) electrons. The summed E-state index contributed by atoms with van der Waals surface area (Å²) in [5.41, 5.74) is 5.54. The quantitative estimate of drug-likeness (QED) is 0.771. The van der Waals surface area contributed by atoms with Crippen molar-refractivity contribution < 1.29 is 4.79 Å². The topological polar surface area (TPSA) is 59.2 Å². The van der Waals surface area contributed by atoms with Crippen molar-refractivity contribution >= 4 is 11.7 Å². The summed E-state index contributed by atoms with van der Waals surface area (Å²) in [5.74, 6) is 0.636. The van der Waals surface area contributed by atoms with Crippen molar-refractivity contribution in [3.8, 4) is 0 Å². The zero-order chi connectivity index (χ0) is 10.6. The van der Waals surface area contributed by atoms with Gasteiger partial charge in [0.2, 0.25) is 5.91 Å². The molecule has 1 aromatic rings. The molecule has 4 nitrogen and oxygen atoms in total. The summed E-state index contributed by atoms with van der Waals surface area (Å²) in [6, 6.07) is 5.33. The van der Waals surface area contributed by atoms with E-state index in [4.69, 9.17) is 5.73 Å². The molecule has 0 saturated heterocycles. The van der Waals surface area contributed by atoms with Crippen LogP contribution in [-0.4, -0.2) is 24.0 Å². The number of hydrogen-bond acceptors (Lipinski definition) is 3. The Labute approximate surface area is 83.7 Å². The van der Waals surface area contributed by atoms with Gasteiger partial charge < -0.3 is 5.73 Å². The Morgan fingerprint density at radius 2 is 2.36 bits per heavy atom. The van der Waals surface area contributed by atoms with Gasteiger partial charge in [-0.25, -0.2) is 4.98 Å². The number of carbonyl (C=O) groups is 1. The van der Waals surface area contributed by atoms with E-state index >= 15 is 0 Å². The Bertz CT molecular complexity index is 297. The van der Waals surface area contributed by atoms with E-state index in [-0.39, 0.29) is 11.9 Å². The van der Waals surface area contributed by atoms with E-state index in [1.54, 1.807) is 19.3 Å². The van der Waals surface area contributed by atoms with Crippen LogP contribution in [0.3, 0.4) is 0 Å². The first-order chi connectivity index (χ1) is 6.61. The molecule has 1 unspecified atom stereocenters. The Morgan fingerprint density at radius 1 is 1.64 bits per heavy atom. The maximum Gasteiger partial charge on any atom is 0.229 e. The summed E-state index contributed by atoms with van der Waals surface area (Å²) in [6.07, 6.45) is 2.00. The molecule has 0 spiro atoms. The van der Waals surface area contributed by atoms with Crippen LogP contribution in [0.5, 0.6) is 0 Å². The van der Waals surface area contributed by atoms with Crippen LogP contribution in [0.15, 0.2) is 24.4 Å². The highest BCUT2D eigenvalue weighted by Gasteiger charge is 2.12. The van der Waals surface area contributed by atoms with Crippen LogP contribution in [0.25, 0.3) is 0 Å². The summed E-state index contributed by atoms with van der Waals surface area (Å²) in [6.45, 7) is 1.81. The summed E-state index contributed by atoms with van der Waals surface area (Å²) in [4.78, 5) is 17.1. The molecule has 1 aromatic heterocycles. The van der Waals surface area contributed by atoms with E-state index in [9.17, 15) is 4.79 Å². The van der Waals surface area contributed by atoms with Crippen molar-refractivity contribution in [3.63, 3.8) is 0 Å². The van der Waals surface area contributed by atoms with E-state index in [2.05, 4.69) is 4.98 Å². The first-order valence-electron chi connectivity index (χ1n) is 4.54. The lowest BCUT2D eigenvalue weighted by molar-refractivity contribution is -0.118. The Balaban J connectivity index is 2.66. The summed E-state index contributed by atoms with van der Waals surface area (Å²) >= 11 is 0. The third-order valence-corrected chi connectivity index (χ3v) is 1.86. The maximum absolute atomic E-state index is 11.6. The first-order valence-corrected chi connectivity index (χ1v) is 4.54. The SMILES string of the molecule is CC(N)CC(=O)N(C)c1ccccn1. The molecule has 1 heterocycles. The smallest absolute Gasteiger partial charge is 0.229 e. The lowest BCUT2D eigenvalue weighted by Gasteiger charge is -2.16. The van der Waals surface area contributed by atoms with Crippen LogP contribution in [0, 0.1) is 0 Å². The van der Waals surface area contributed by atoms with Crippen molar-refractivity contribution in [1.82, 2.24) is 4.98 Å². The summed E-state index contributed by atoms with van der Waals surface area (Å²) in [5, 5.41) is 0. The van der Waals surface area contributed by atoms with Crippen molar-refractivity contribution in [2.45, 2.75) is 19.4 Å². The van der Waals surface area contributed by atoms with Crippen LogP contribution in [0.1, 0.15) is 13.3 Å². The van der Waals surface area contributed by atoms with Crippen molar-refractivity contribution in [2.24, 2.45) is 5.73 Å². The van der Waals surface area contributed by atoms with E-state index in [1.165, 1.54) is 4.90 Å². The number of aromatic nitrogens is 1. The highest BCUT2D eigenvalue weighted by molar-refractivity contribution is 5.92. The van der Waals surface area contributed by atoms with Crippen molar-refractivity contribution in [2.75, 3.05) is 11.9 Å². The lowest BCUT2D eigenvalue weighted by atomic mass is 10.2. The monoisotopic (exact) mass is 193 g/mol. The van der Waals surface area contributed by atoms with Gasteiger partial charge in [0.05, 0.1) is 0 Å². The van der Waals surface area contributed by atoms with Crippen LogP contribution in [0.2, 0.25) is 0 Å². The van der Waals surface area contributed by atoms with Crippen LogP contribution < -0.4 is 10.6 Å². The van der Waals surface area contributed by atoms with Crippen molar-refractivity contribution in [3.05, 3.63) is 24.4 Å². The van der Waals surface area contributed by atoms with Gasteiger partial charge in [-0.2, -0.15) is 0 Å². The normalized spacial score (nSPS) is 12.2. The number of rotatable bonds is 3. The van der Waals surface area contributed by atoms with Gasteiger partial charge in [0.15, 0.2) is 0 Å². The van der Waals surface area contributed by atoms with E-state index in [0.717, 1.165) is 0 Å². The van der Waals surface area contributed by atoms with Crippen molar-refractivity contribution in [1.29, 1.82) is 0 Å². The van der Waals surface area contributed by atoms with Gasteiger partial charge in [0.1, 0.15) is 5.82 Å². The average molecular weight is 193 g/mol. The highest BCUT2D eigenvalue weighted by Crippen LogP contribution is 2.08. The number of amides is 1. The fraction of sp³-hybridized carbons (Fsp3) is 0.400. The Kier molecular flexibility index (Phi) is 3.59. The minimum Gasteiger partial charge on any atom is -0.327 e. The molecule has 0 aliphatic carbocycles. The fourth-order valence-corrected chi connectivity index (χ4v) is 1.09. The number of pyridine rings is 1. The molecule has 0 aliphatic rings. The lowest BCUT2D eigenvalue weighted by Crippen LogP contribution is -2.32. The second kappa shape index (κ2) is 4.72. The van der Waals surface area contributed by atoms with Gasteiger partial charge in [-0.3, -0.25) is 9.69 Å². The van der Waals surface area contributed by atoms with Gasteiger partial charge in [-0.1, -0.05) is 6.07 Å². The van der Waals surface area contributed by atoms with E-state index in [1.807, 2.05) is 19.1 Å².